The number of hydrogen-bond donors (Lipinski definition) is 1. The van der Waals surface area contributed by atoms with Crippen molar-refractivity contribution in [1.82, 2.24) is 10.1 Å². The third-order valence-electron chi connectivity index (χ3n) is 4.04. The van der Waals surface area contributed by atoms with Crippen molar-refractivity contribution in [2.24, 2.45) is 0 Å². The Kier molecular flexibility index (Phi) is 4.87. The number of anilines is 2. The van der Waals surface area contributed by atoms with Crippen LogP contribution < -0.4 is 10.2 Å². The first-order valence-corrected chi connectivity index (χ1v) is 7.99. The minimum absolute atomic E-state index is 0.196. The van der Waals surface area contributed by atoms with Crippen LogP contribution in [0, 0.1) is 6.92 Å². The van der Waals surface area contributed by atoms with Gasteiger partial charge < -0.3 is 24.4 Å². The summed E-state index contributed by atoms with van der Waals surface area (Å²) in [5.74, 6) is 1.12. The van der Waals surface area contributed by atoms with Gasteiger partial charge in [-0.15, -0.1) is 0 Å². The number of rotatable bonds is 3. The Balaban J connectivity index is 1.57. The molecule has 1 aromatic heterocycles. The topological polar surface area (TPSA) is 87.9 Å². The normalized spacial score (nSPS) is 14.3. The lowest BCUT2D eigenvalue weighted by atomic mass is 10.2. The van der Waals surface area contributed by atoms with Crippen molar-refractivity contribution in [3.05, 3.63) is 41.7 Å². The third kappa shape index (κ3) is 3.90. The van der Waals surface area contributed by atoms with Crippen LogP contribution in [0.25, 0.3) is 0 Å². The smallest absolute Gasteiger partial charge is 0.337 e. The first-order valence-electron chi connectivity index (χ1n) is 7.99. The highest BCUT2D eigenvalue weighted by molar-refractivity contribution is 5.94. The second-order valence-electron chi connectivity index (χ2n) is 5.77. The molecule has 0 aliphatic carbocycles. The number of nitrogens with zero attached hydrogens (tertiary/aromatic N) is 3. The lowest BCUT2D eigenvalue weighted by molar-refractivity contribution is 0.0600. The Morgan fingerprint density at radius 2 is 1.96 bits per heavy atom. The molecule has 2 amide bonds. The van der Waals surface area contributed by atoms with E-state index in [0.717, 1.165) is 11.6 Å². The lowest BCUT2D eigenvalue weighted by Gasteiger charge is -2.34. The molecule has 1 saturated heterocycles. The maximum Gasteiger partial charge on any atom is 0.337 e. The summed E-state index contributed by atoms with van der Waals surface area (Å²) in [5.41, 5.74) is 0.953. The number of ether oxygens (including phenoxy) is 1. The number of amides is 2. The summed E-state index contributed by atoms with van der Waals surface area (Å²) in [6.45, 7) is 4.37. The van der Waals surface area contributed by atoms with E-state index in [0.29, 0.717) is 37.4 Å². The van der Waals surface area contributed by atoms with Crippen molar-refractivity contribution >= 4 is 23.5 Å². The van der Waals surface area contributed by atoms with Crippen LogP contribution >= 0.6 is 0 Å². The van der Waals surface area contributed by atoms with Gasteiger partial charge in [0.05, 0.1) is 12.7 Å². The van der Waals surface area contributed by atoms with E-state index in [1.54, 1.807) is 29.2 Å². The van der Waals surface area contributed by atoms with Gasteiger partial charge in [0, 0.05) is 37.9 Å². The van der Waals surface area contributed by atoms with Gasteiger partial charge in [-0.25, -0.2) is 9.59 Å². The minimum atomic E-state index is -0.437. The molecule has 0 spiro atoms. The number of benzene rings is 1. The van der Waals surface area contributed by atoms with E-state index < -0.39 is 5.97 Å². The SMILES string of the molecule is COC(=O)c1cccc(NC(=O)N2CCN(c3cc(C)on3)CC2)c1. The molecule has 0 bridgehead atoms. The van der Waals surface area contributed by atoms with Gasteiger partial charge in [0.1, 0.15) is 5.76 Å². The fourth-order valence-corrected chi connectivity index (χ4v) is 2.69. The number of urea groups is 1. The first-order chi connectivity index (χ1) is 12.1. The van der Waals surface area contributed by atoms with E-state index in [1.807, 2.05) is 13.0 Å². The van der Waals surface area contributed by atoms with Crippen LogP contribution in [0.5, 0.6) is 0 Å². The van der Waals surface area contributed by atoms with Crippen LogP contribution in [-0.4, -0.2) is 55.3 Å². The predicted octanol–water partition coefficient (Wildman–Crippen LogP) is 2.12. The number of methoxy groups -OCH3 is 1. The van der Waals surface area contributed by atoms with Gasteiger partial charge in [0.15, 0.2) is 5.82 Å². The van der Waals surface area contributed by atoms with Crippen molar-refractivity contribution < 1.29 is 18.8 Å². The van der Waals surface area contributed by atoms with Gasteiger partial charge in [-0.3, -0.25) is 0 Å². The number of aromatic nitrogens is 1. The molecule has 25 heavy (non-hydrogen) atoms. The van der Waals surface area contributed by atoms with Crippen LogP contribution in [0.4, 0.5) is 16.3 Å². The Bertz CT molecular complexity index is 766. The molecule has 1 aromatic carbocycles. The van der Waals surface area contributed by atoms with Gasteiger partial charge in [0.2, 0.25) is 0 Å². The van der Waals surface area contributed by atoms with E-state index in [4.69, 9.17) is 4.52 Å². The van der Waals surface area contributed by atoms with E-state index in [9.17, 15) is 9.59 Å². The zero-order valence-corrected chi connectivity index (χ0v) is 14.2. The van der Waals surface area contributed by atoms with E-state index in [1.165, 1.54) is 7.11 Å². The van der Waals surface area contributed by atoms with Gasteiger partial charge in [-0.1, -0.05) is 11.2 Å². The number of piperazine rings is 1. The van der Waals surface area contributed by atoms with Crippen LogP contribution in [0.15, 0.2) is 34.9 Å². The molecule has 2 heterocycles. The molecule has 0 atom stereocenters. The van der Waals surface area contributed by atoms with Crippen molar-refractivity contribution in [3.8, 4) is 0 Å². The maximum atomic E-state index is 12.4. The van der Waals surface area contributed by atoms with Crippen molar-refractivity contribution in [2.45, 2.75) is 6.92 Å². The van der Waals surface area contributed by atoms with Gasteiger partial charge >= 0.3 is 12.0 Å². The Hall–Kier alpha value is -3.03. The highest BCUT2D eigenvalue weighted by Crippen LogP contribution is 2.17. The summed E-state index contributed by atoms with van der Waals surface area (Å²) in [5, 5.41) is 6.82. The van der Waals surface area contributed by atoms with Crippen molar-refractivity contribution in [2.75, 3.05) is 43.5 Å². The van der Waals surface area contributed by atoms with E-state index >= 15 is 0 Å². The van der Waals surface area contributed by atoms with Crippen LogP contribution in [-0.2, 0) is 4.74 Å². The van der Waals surface area contributed by atoms with Crippen LogP contribution in [0.3, 0.4) is 0 Å². The molecule has 3 rings (SSSR count). The molecule has 132 valence electrons. The molecule has 0 unspecified atom stereocenters. The minimum Gasteiger partial charge on any atom is -0.465 e. The summed E-state index contributed by atoms with van der Waals surface area (Å²) in [6.07, 6.45) is 0. The molecule has 0 radical (unpaired) electrons. The molecular formula is C17H20N4O4. The fourth-order valence-electron chi connectivity index (χ4n) is 2.69. The first kappa shape index (κ1) is 16.8. The number of carbonyl (C=O) groups is 2. The second-order valence-corrected chi connectivity index (χ2v) is 5.77. The summed E-state index contributed by atoms with van der Waals surface area (Å²) in [6, 6.07) is 8.36. The molecule has 2 aromatic rings. The average Bonchev–Trinajstić information content (AvgIpc) is 3.07. The number of esters is 1. The van der Waals surface area contributed by atoms with Gasteiger partial charge in [0.25, 0.3) is 0 Å². The molecule has 8 heteroatoms. The fraction of sp³-hybridized carbons (Fsp3) is 0.353. The number of nitrogens with one attached hydrogen (secondary N) is 1. The van der Waals surface area contributed by atoms with Crippen LogP contribution in [0.2, 0.25) is 0 Å². The molecule has 1 aliphatic rings. The molecule has 1 fully saturated rings. The summed E-state index contributed by atoms with van der Waals surface area (Å²) >= 11 is 0. The summed E-state index contributed by atoms with van der Waals surface area (Å²) in [4.78, 5) is 27.8. The maximum absolute atomic E-state index is 12.4. The zero-order chi connectivity index (χ0) is 17.8. The Morgan fingerprint density at radius 3 is 2.60 bits per heavy atom. The largest absolute Gasteiger partial charge is 0.465 e. The molecular weight excluding hydrogens is 324 g/mol. The molecule has 1 aliphatic heterocycles. The predicted molar refractivity (Wildman–Crippen MR) is 91.8 cm³/mol. The second kappa shape index (κ2) is 7.25. The van der Waals surface area contributed by atoms with Crippen molar-refractivity contribution in [1.29, 1.82) is 0 Å². The molecule has 1 N–H and O–H groups in total. The molecule has 0 saturated carbocycles. The van der Waals surface area contributed by atoms with E-state index in [-0.39, 0.29) is 6.03 Å². The van der Waals surface area contributed by atoms with Crippen LogP contribution in [0.1, 0.15) is 16.1 Å². The Labute approximate surface area is 145 Å². The highest BCUT2D eigenvalue weighted by Gasteiger charge is 2.23. The number of carbonyl (C=O) groups excluding carboxylic acids is 2. The molecule has 8 nitrogen and oxygen atoms in total. The third-order valence-corrected chi connectivity index (χ3v) is 4.04. The average molecular weight is 344 g/mol. The number of hydrogen-bond acceptors (Lipinski definition) is 6. The summed E-state index contributed by atoms with van der Waals surface area (Å²) < 4.78 is 9.78. The highest BCUT2D eigenvalue weighted by atomic mass is 16.5. The Morgan fingerprint density at radius 1 is 1.20 bits per heavy atom. The lowest BCUT2D eigenvalue weighted by Crippen LogP contribution is -2.50. The quantitative estimate of drug-likeness (QED) is 0.858. The number of aryl methyl sites for hydroxylation is 1. The zero-order valence-electron chi connectivity index (χ0n) is 14.2. The van der Waals surface area contributed by atoms with Crippen molar-refractivity contribution in [3.63, 3.8) is 0 Å². The standard InChI is InChI=1S/C17H20N4O4/c1-12-10-15(19-25-12)20-6-8-21(9-7-20)17(23)18-14-5-3-4-13(11-14)16(22)24-2/h3-5,10-11H,6-9H2,1-2H3,(H,18,23). The van der Waals surface area contributed by atoms with E-state index in [2.05, 4.69) is 20.1 Å². The van der Waals surface area contributed by atoms with Gasteiger partial charge in [-0.2, -0.15) is 0 Å². The monoisotopic (exact) mass is 344 g/mol. The van der Waals surface area contributed by atoms with Gasteiger partial charge in [-0.05, 0) is 25.1 Å². The summed E-state index contributed by atoms with van der Waals surface area (Å²) in [7, 11) is 1.32.